The fraction of sp³-hybridized carbons (Fsp3) is 0.591. The normalized spacial score (nSPS) is 19.1. The van der Waals surface area contributed by atoms with Crippen molar-refractivity contribution in [3.05, 3.63) is 24.3 Å². The van der Waals surface area contributed by atoms with Gasteiger partial charge in [0.05, 0.1) is 12.5 Å². The number of nitrogens with zero attached hydrogens (tertiary/aromatic N) is 2. The monoisotopic (exact) mass is 515 g/mol. The van der Waals surface area contributed by atoms with Gasteiger partial charge in [-0.05, 0) is 57.9 Å². The number of carbonyl (C=O) groups excluding carboxylic acids is 3. The highest BCUT2D eigenvalue weighted by Crippen LogP contribution is 2.37. The van der Waals surface area contributed by atoms with Gasteiger partial charge in [-0.25, -0.2) is 9.10 Å². The Kier molecular flexibility index (Phi) is 9.37. The summed E-state index contributed by atoms with van der Waals surface area (Å²) in [4.78, 5) is 37.5. The summed E-state index contributed by atoms with van der Waals surface area (Å²) < 4.78 is 38.0. The SMILES string of the molecule is CCC[C@H]1C(=O)N(C(CCC(=O)OC)Sc2ccc(NC(=O)OC(C)(C)C)cc2)S(=O)(=O)N1C. The van der Waals surface area contributed by atoms with E-state index in [2.05, 4.69) is 5.32 Å². The van der Waals surface area contributed by atoms with Crippen molar-refractivity contribution in [3.8, 4) is 0 Å². The highest BCUT2D eigenvalue weighted by Gasteiger charge is 2.51. The van der Waals surface area contributed by atoms with Crippen molar-refractivity contribution in [2.45, 2.75) is 75.3 Å². The Bertz CT molecular complexity index is 991. The second kappa shape index (κ2) is 11.4. The van der Waals surface area contributed by atoms with Crippen LogP contribution in [0.2, 0.25) is 0 Å². The lowest BCUT2D eigenvalue weighted by Gasteiger charge is -2.26. The molecule has 34 heavy (non-hydrogen) atoms. The number of ether oxygens (including phenoxy) is 2. The molecule has 1 fully saturated rings. The van der Waals surface area contributed by atoms with E-state index in [9.17, 15) is 22.8 Å². The zero-order chi connectivity index (χ0) is 25.7. The molecule has 10 nitrogen and oxygen atoms in total. The highest BCUT2D eigenvalue weighted by atomic mass is 32.2. The fourth-order valence-electron chi connectivity index (χ4n) is 3.35. The van der Waals surface area contributed by atoms with E-state index in [1.807, 2.05) is 6.92 Å². The second-order valence-electron chi connectivity index (χ2n) is 8.80. The van der Waals surface area contributed by atoms with E-state index in [-0.39, 0.29) is 12.8 Å². The van der Waals surface area contributed by atoms with Crippen molar-refractivity contribution in [2.75, 3.05) is 19.5 Å². The third-order valence-electron chi connectivity index (χ3n) is 4.97. The minimum Gasteiger partial charge on any atom is -0.469 e. The molecule has 190 valence electrons. The van der Waals surface area contributed by atoms with Crippen molar-refractivity contribution >= 4 is 45.6 Å². The summed E-state index contributed by atoms with van der Waals surface area (Å²) in [5.74, 6) is -1.00. The molecule has 1 aliphatic rings. The first-order chi connectivity index (χ1) is 15.8. The topological polar surface area (TPSA) is 122 Å². The quantitative estimate of drug-likeness (QED) is 0.391. The van der Waals surface area contributed by atoms with Crippen molar-refractivity contribution < 1.29 is 32.3 Å². The van der Waals surface area contributed by atoms with Gasteiger partial charge in [-0.1, -0.05) is 25.1 Å². The summed E-state index contributed by atoms with van der Waals surface area (Å²) in [6.07, 6.45) is 0.504. The predicted octanol–water partition coefficient (Wildman–Crippen LogP) is 3.59. The molecule has 1 aromatic rings. The summed E-state index contributed by atoms with van der Waals surface area (Å²) in [7, 11) is -1.38. The summed E-state index contributed by atoms with van der Waals surface area (Å²) >= 11 is 1.15. The third-order valence-corrected chi connectivity index (χ3v) is 8.28. The van der Waals surface area contributed by atoms with Gasteiger partial charge in [0.2, 0.25) is 0 Å². The largest absolute Gasteiger partial charge is 0.469 e. The van der Waals surface area contributed by atoms with Crippen LogP contribution in [0.15, 0.2) is 29.2 Å². The maximum atomic E-state index is 13.1. The standard InChI is InChI=1S/C22H33N3O7S2/c1-7-8-17-20(27)25(34(29,30)24(17)5)18(13-14-19(26)31-6)33-16-11-9-15(10-12-16)23-21(28)32-22(2,3)4/h9-12,17-18H,7-8,13-14H2,1-6H3,(H,23,28)/t17-,18?/m0/s1. The summed E-state index contributed by atoms with van der Waals surface area (Å²) in [5, 5.41) is 1.79. The Morgan fingerprint density at radius 1 is 1.21 bits per heavy atom. The van der Waals surface area contributed by atoms with Gasteiger partial charge in [-0.2, -0.15) is 12.7 Å². The number of benzene rings is 1. The molecule has 0 aliphatic carbocycles. The lowest BCUT2D eigenvalue weighted by molar-refractivity contribution is -0.141. The average molecular weight is 516 g/mol. The Labute approximate surface area is 205 Å². The van der Waals surface area contributed by atoms with Gasteiger partial charge in [-0.15, -0.1) is 0 Å². The minimum atomic E-state index is -4.03. The van der Waals surface area contributed by atoms with Crippen LogP contribution in [0.1, 0.15) is 53.4 Å². The van der Waals surface area contributed by atoms with Crippen LogP contribution in [0, 0.1) is 0 Å². The number of methoxy groups -OCH3 is 1. The number of carbonyl (C=O) groups is 3. The number of amides is 2. The molecule has 2 amide bonds. The first kappa shape index (κ1) is 27.9. The Hall–Kier alpha value is -2.31. The summed E-state index contributed by atoms with van der Waals surface area (Å²) in [6.45, 7) is 7.16. The van der Waals surface area contributed by atoms with E-state index in [1.165, 1.54) is 14.2 Å². The zero-order valence-electron chi connectivity index (χ0n) is 20.4. The molecule has 12 heteroatoms. The van der Waals surface area contributed by atoms with Gasteiger partial charge in [0, 0.05) is 24.1 Å². The smallest absolute Gasteiger partial charge is 0.412 e. The van der Waals surface area contributed by atoms with Gasteiger partial charge < -0.3 is 9.47 Å². The highest BCUT2D eigenvalue weighted by molar-refractivity contribution is 8.00. The molecular formula is C22H33N3O7S2. The minimum absolute atomic E-state index is 0.0477. The molecule has 0 aromatic heterocycles. The van der Waals surface area contributed by atoms with Crippen LogP contribution >= 0.6 is 11.8 Å². The van der Waals surface area contributed by atoms with Crippen LogP contribution in [0.4, 0.5) is 10.5 Å². The number of esters is 1. The molecule has 1 aromatic carbocycles. The molecule has 1 saturated heterocycles. The Balaban J connectivity index is 2.24. The van der Waals surface area contributed by atoms with Crippen molar-refractivity contribution in [3.63, 3.8) is 0 Å². The maximum Gasteiger partial charge on any atom is 0.412 e. The lowest BCUT2D eigenvalue weighted by atomic mass is 10.1. The van der Waals surface area contributed by atoms with E-state index in [0.29, 0.717) is 23.4 Å². The van der Waals surface area contributed by atoms with E-state index in [4.69, 9.17) is 9.47 Å². The number of thioether (sulfide) groups is 1. The van der Waals surface area contributed by atoms with Gasteiger partial charge in [0.25, 0.3) is 5.91 Å². The lowest BCUT2D eigenvalue weighted by Crippen LogP contribution is -2.40. The summed E-state index contributed by atoms with van der Waals surface area (Å²) in [6, 6.07) is 5.93. The van der Waals surface area contributed by atoms with E-state index >= 15 is 0 Å². The molecular weight excluding hydrogens is 482 g/mol. The average Bonchev–Trinajstić information content (AvgIpc) is 2.90. The van der Waals surface area contributed by atoms with Gasteiger partial charge in [-0.3, -0.25) is 14.9 Å². The molecule has 2 rings (SSSR count). The van der Waals surface area contributed by atoms with Crippen LogP contribution in [-0.2, 0) is 29.3 Å². The van der Waals surface area contributed by atoms with Crippen LogP contribution in [0.25, 0.3) is 0 Å². The van der Waals surface area contributed by atoms with E-state index < -0.39 is 45.2 Å². The van der Waals surface area contributed by atoms with E-state index in [1.54, 1.807) is 45.0 Å². The van der Waals surface area contributed by atoms with Gasteiger partial charge in [0.1, 0.15) is 11.6 Å². The van der Waals surface area contributed by atoms with Crippen molar-refractivity contribution in [2.24, 2.45) is 0 Å². The molecule has 0 saturated carbocycles. The van der Waals surface area contributed by atoms with Crippen molar-refractivity contribution in [1.82, 2.24) is 8.61 Å². The van der Waals surface area contributed by atoms with Gasteiger partial charge >= 0.3 is 22.3 Å². The number of hydrogen-bond acceptors (Lipinski definition) is 8. The predicted molar refractivity (Wildman–Crippen MR) is 129 cm³/mol. The maximum absolute atomic E-state index is 13.1. The number of anilines is 1. The number of rotatable bonds is 9. The Morgan fingerprint density at radius 2 is 1.82 bits per heavy atom. The van der Waals surface area contributed by atoms with Crippen molar-refractivity contribution in [1.29, 1.82) is 0 Å². The molecule has 1 heterocycles. The van der Waals surface area contributed by atoms with Crippen LogP contribution in [-0.4, -0.2) is 66.2 Å². The number of likely N-dealkylation sites (N-methyl/N-ethyl adjacent to an activating group) is 1. The van der Waals surface area contributed by atoms with Crippen LogP contribution in [0.3, 0.4) is 0 Å². The van der Waals surface area contributed by atoms with E-state index in [0.717, 1.165) is 20.4 Å². The number of hydrogen-bond donors (Lipinski definition) is 1. The third kappa shape index (κ3) is 7.09. The van der Waals surface area contributed by atoms with Crippen LogP contribution in [0.5, 0.6) is 0 Å². The Morgan fingerprint density at radius 3 is 2.35 bits per heavy atom. The molecule has 1 unspecified atom stereocenters. The molecule has 2 atom stereocenters. The first-order valence-corrected chi connectivity index (χ1v) is 13.2. The first-order valence-electron chi connectivity index (χ1n) is 10.9. The van der Waals surface area contributed by atoms with Crippen LogP contribution < -0.4 is 5.32 Å². The van der Waals surface area contributed by atoms with Gasteiger partial charge in [0.15, 0.2) is 0 Å². The second-order valence-corrected chi connectivity index (χ2v) is 11.9. The molecule has 0 radical (unpaired) electrons. The molecule has 0 spiro atoms. The zero-order valence-corrected chi connectivity index (χ0v) is 22.0. The molecule has 1 aliphatic heterocycles. The number of nitrogens with one attached hydrogen (secondary N) is 1. The molecule has 1 N–H and O–H groups in total. The molecule has 0 bridgehead atoms. The summed E-state index contributed by atoms with van der Waals surface area (Å²) in [5.41, 5.74) is -0.138. The fourth-order valence-corrected chi connectivity index (χ4v) is 6.39.